The van der Waals surface area contributed by atoms with Crippen LogP contribution >= 0.6 is 0 Å². The summed E-state index contributed by atoms with van der Waals surface area (Å²) in [6.45, 7) is 2.32. The number of nitrogens with zero attached hydrogens (tertiary/aromatic N) is 2. The molecule has 7 nitrogen and oxygen atoms in total. The summed E-state index contributed by atoms with van der Waals surface area (Å²) in [7, 11) is 1.97. The number of ether oxygens (including phenoxy) is 1. The molecule has 0 bridgehead atoms. The topological polar surface area (TPSA) is 87.9 Å². The molecule has 172 valence electrons. The molecule has 2 aromatic carbocycles. The number of primary amides is 1. The summed E-state index contributed by atoms with van der Waals surface area (Å²) in [5, 5.41) is 2.29. The summed E-state index contributed by atoms with van der Waals surface area (Å²) in [5.74, 6) is -0.851. The largest absolute Gasteiger partial charge is 0.484 e. The Kier molecular flexibility index (Phi) is 7.24. The highest BCUT2D eigenvalue weighted by molar-refractivity contribution is 5.93. The molecule has 3 rings (SSSR count). The first kappa shape index (κ1) is 23.4. The van der Waals surface area contributed by atoms with E-state index in [9.17, 15) is 22.8 Å². The van der Waals surface area contributed by atoms with Gasteiger partial charge in [-0.25, -0.2) is 0 Å². The Morgan fingerprint density at radius 3 is 2.31 bits per heavy atom. The van der Waals surface area contributed by atoms with Crippen LogP contribution in [0, 0.1) is 0 Å². The van der Waals surface area contributed by atoms with Crippen molar-refractivity contribution in [3.8, 4) is 5.75 Å². The van der Waals surface area contributed by atoms with Crippen LogP contribution in [0.25, 0.3) is 0 Å². The first-order chi connectivity index (χ1) is 15.1. The molecule has 1 aliphatic rings. The second-order valence-corrected chi connectivity index (χ2v) is 7.64. The standard InChI is InChI=1S/C22H25F3N4O3/c1-28-8-10-29(11-9-28)16-4-7-19(18(13-16)22(23,24)25)27-21(31)14-32-17-5-2-15(3-6-17)12-20(26)30/h2-7,13H,8-12,14H2,1H3,(H2,26,30)(H,27,31). The number of piperazine rings is 1. The van der Waals surface area contributed by atoms with Crippen LogP contribution in [0.15, 0.2) is 42.5 Å². The molecule has 10 heteroatoms. The summed E-state index contributed by atoms with van der Waals surface area (Å²) in [5.41, 5.74) is 5.06. The van der Waals surface area contributed by atoms with Crippen LogP contribution < -0.4 is 20.7 Å². The lowest BCUT2D eigenvalue weighted by Crippen LogP contribution is -2.44. The average molecular weight is 450 g/mol. The van der Waals surface area contributed by atoms with E-state index in [-0.39, 0.29) is 12.1 Å². The van der Waals surface area contributed by atoms with Crippen molar-refractivity contribution in [3.05, 3.63) is 53.6 Å². The van der Waals surface area contributed by atoms with Crippen LogP contribution in [-0.2, 0) is 22.2 Å². The Labute approximate surface area is 183 Å². The summed E-state index contributed by atoms with van der Waals surface area (Å²) in [6, 6.07) is 10.3. The first-order valence-electron chi connectivity index (χ1n) is 10.1. The number of anilines is 2. The molecule has 1 fully saturated rings. The number of rotatable bonds is 7. The van der Waals surface area contributed by atoms with Gasteiger partial charge in [-0.2, -0.15) is 13.2 Å². The lowest BCUT2D eigenvalue weighted by molar-refractivity contribution is -0.137. The number of carbonyl (C=O) groups excluding carboxylic acids is 2. The number of amides is 2. The van der Waals surface area contributed by atoms with E-state index in [0.29, 0.717) is 30.1 Å². The number of carbonyl (C=O) groups is 2. The highest BCUT2D eigenvalue weighted by Gasteiger charge is 2.35. The van der Waals surface area contributed by atoms with Crippen molar-refractivity contribution < 1.29 is 27.5 Å². The van der Waals surface area contributed by atoms with Crippen molar-refractivity contribution in [3.63, 3.8) is 0 Å². The maximum absolute atomic E-state index is 13.6. The lowest BCUT2D eigenvalue weighted by Gasteiger charge is -2.34. The van der Waals surface area contributed by atoms with Gasteiger partial charge in [0.05, 0.1) is 17.7 Å². The number of nitrogens with two attached hydrogens (primary N) is 1. The van der Waals surface area contributed by atoms with Gasteiger partial charge in [0.25, 0.3) is 5.91 Å². The molecular weight excluding hydrogens is 425 g/mol. The Bertz CT molecular complexity index is 956. The van der Waals surface area contributed by atoms with Crippen molar-refractivity contribution in [2.45, 2.75) is 12.6 Å². The van der Waals surface area contributed by atoms with Crippen molar-refractivity contribution in [2.75, 3.05) is 50.1 Å². The fourth-order valence-corrected chi connectivity index (χ4v) is 3.38. The first-order valence-corrected chi connectivity index (χ1v) is 10.1. The average Bonchev–Trinajstić information content (AvgIpc) is 2.73. The smallest absolute Gasteiger partial charge is 0.418 e. The number of hydrogen-bond acceptors (Lipinski definition) is 5. The lowest BCUT2D eigenvalue weighted by atomic mass is 10.1. The number of hydrogen-bond donors (Lipinski definition) is 2. The third kappa shape index (κ3) is 6.36. The molecule has 0 radical (unpaired) electrons. The van der Waals surface area contributed by atoms with E-state index < -0.39 is 30.2 Å². The van der Waals surface area contributed by atoms with E-state index >= 15 is 0 Å². The Morgan fingerprint density at radius 1 is 1.06 bits per heavy atom. The molecule has 1 aliphatic heterocycles. The number of nitrogens with one attached hydrogen (secondary N) is 1. The fraction of sp³-hybridized carbons (Fsp3) is 0.364. The van der Waals surface area contributed by atoms with Gasteiger partial charge in [-0.1, -0.05) is 12.1 Å². The van der Waals surface area contributed by atoms with E-state index in [1.807, 2.05) is 11.9 Å². The molecule has 0 unspecified atom stereocenters. The molecule has 2 aromatic rings. The Morgan fingerprint density at radius 2 is 1.72 bits per heavy atom. The van der Waals surface area contributed by atoms with E-state index in [0.717, 1.165) is 19.2 Å². The minimum atomic E-state index is -4.62. The van der Waals surface area contributed by atoms with Crippen LogP contribution in [-0.4, -0.2) is 56.5 Å². The van der Waals surface area contributed by atoms with Gasteiger partial charge < -0.3 is 25.6 Å². The predicted molar refractivity (Wildman–Crippen MR) is 115 cm³/mol. The third-order valence-electron chi connectivity index (χ3n) is 5.12. The van der Waals surface area contributed by atoms with Gasteiger partial charge in [0.15, 0.2) is 6.61 Å². The molecule has 32 heavy (non-hydrogen) atoms. The monoisotopic (exact) mass is 450 g/mol. The highest BCUT2D eigenvalue weighted by atomic mass is 19.4. The number of likely N-dealkylation sites (N-methyl/N-ethyl adjacent to an activating group) is 1. The van der Waals surface area contributed by atoms with Crippen LogP contribution in [0.2, 0.25) is 0 Å². The van der Waals surface area contributed by atoms with E-state index in [1.165, 1.54) is 6.07 Å². The summed E-state index contributed by atoms with van der Waals surface area (Å²) < 4.78 is 46.3. The van der Waals surface area contributed by atoms with E-state index in [2.05, 4.69) is 10.2 Å². The van der Waals surface area contributed by atoms with E-state index in [1.54, 1.807) is 30.3 Å². The van der Waals surface area contributed by atoms with Gasteiger partial charge in [-0.15, -0.1) is 0 Å². The van der Waals surface area contributed by atoms with Gasteiger partial charge in [0, 0.05) is 31.9 Å². The van der Waals surface area contributed by atoms with Crippen LogP contribution in [0.3, 0.4) is 0 Å². The number of halogens is 3. The molecule has 0 saturated carbocycles. The van der Waals surface area contributed by atoms with Gasteiger partial charge in [0.1, 0.15) is 5.75 Å². The van der Waals surface area contributed by atoms with Gasteiger partial charge in [-0.3, -0.25) is 9.59 Å². The summed E-state index contributed by atoms with van der Waals surface area (Å²) >= 11 is 0. The number of alkyl halides is 3. The van der Waals surface area contributed by atoms with Crippen LogP contribution in [0.1, 0.15) is 11.1 Å². The van der Waals surface area contributed by atoms with Crippen molar-refractivity contribution in [2.24, 2.45) is 5.73 Å². The molecule has 1 heterocycles. The minimum Gasteiger partial charge on any atom is -0.484 e. The molecular formula is C22H25F3N4O3. The third-order valence-corrected chi connectivity index (χ3v) is 5.12. The molecule has 0 spiro atoms. The predicted octanol–water partition coefficient (Wildman–Crippen LogP) is 2.50. The zero-order valence-corrected chi connectivity index (χ0v) is 17.6. The molecule has 3 N–H and O–H groups in total. The van der Waals surface area contributed by atoms with Crippen LogP contribution in [0.5, 0.6) is 5.75 Å². The van der Waals surface area contributed by atoms with Gasteiger partial charge in [-0.05, 0) is 42.9 Å². The van der Waals surface area contributed by atoms with Crippen molar-refractivity contribution in [1.82, 2.24) is 4.90 Å². The Hall–Kier alpha value is -3.27. The Balaban J connectivity index is 1.65. The maximum atomic E-state index is 13.6. The second-order valence-electron chi connectivity index (χ2n) is 7.64. The minimum absolute atomic E-state index is 0.0745. The van der Waals surface area contributed by atoms with Gasteiger partial charge in [0.2, 0.25) is 5.91 Å². The quantitative estimate of drug-likeness (QED) is 0.677. The fourth-order valence-electron chi connectivity index (χ4n) is 3.38. The SMILES string of the molecule is CN1CCN(c2ccc(NC(=O)COc3ccc(CC(N)=O)cc3)c(C(F)(F)F)c2)CC1. The molecule has 2 amide bonds. The number of benzene rings is 2. The molecule has 0 atom stereocenters. The molecule has 0 aliphatic carbocycles. The second kappa shape index (κ2) is 9.90. The zero-order valence-electron chi connectivity index (χ0n) is 17.6. The van der Waals surface area contributed by atoms with Gasteiger partial charge >= 0.3 is 6.18 Å². The van der Waals surface area contributed by atoms with Crippen molar-refractivity contribution in [1.29, 1.82) is 0 Å². The zero-order chi connectivity index (χ0) is 23.3. The normalized spacial score (nSPS) is 14.8. The van der Waals surface area contributed by atoms with Crippen molar-refractivity contribution >= 4 is 23.2 Å². The summed E-state index contributed by atoms with van der Waals surface area (Å²) in [6.07, 6.45) is -4.55. The molecule has 1 saturated heterocycles. The maximum Gasteiger partial charge on any atom is 0.418 e. The molecule has 0 aromatic heterocycles. The highest BCUT2D eigenvalue weighted by Crippen LogP contribution is 2.37. The summed E-state index contributed by atoms with van der Waals surface area (Å²) in [4.78, 5) is 27.1. The van der Waals surface area contributed by atoms with Crippen LogP contribution in [0.4, 0.5) is 24.5 Å². The van der Waals surface area contributed by atoms with E-state index in [4.69, 9.17) is 10.5 Å².